The molecule has 1 saturated heterocycles. The predicted molar refractivity (Wildman–Crippen MR) is 75.1 cm³/mol. The number of nitrogens with zero attached hydrogens (tertiary/aromatic N) is 1. The standard InChI is InChI=1S/C13H22N4O4/c1-9-4-3-5-17(9)12(20)7-15-13(21)10(2)16-11(19)6-14-8-18/h8-10H,3-7H2,1-2H3,(H,14,18)(H,15,21)(H,16,19). The number of nitrogens with one attached hydrogen (secondary N) is 3. The van der Waals surface area contributed by atoms with Crippen molar-refractivity contribution in [1.82, 2.24) is 20.9 Å². The summed E-state index contributed by atoms with van der Waals surface area (Å²) in [5, 5.41) is 7.12. The Labute approximate surface area is 123 Å². The Morgan fingerprint density at radius 3 is 2.62 bits per heavy atom. The Morgan fingerprint density at radius 1 is 1.33 bits per heavy atom. The monoisotopic (exact) mass is 298 g/mol. The zero-order chi connectivity index (χ0) is 15.8. The Bertz CT molecular complexity index is 413. The smallest absolute Gasteiger partial charge is 0.242 e. The molecule has 4 amide bonds. The number of rotatable bonds is 7. The summed E-state index contributed by atoms with van der Waals surface area (Å²) in [5.74, 6) is -1.02. The number of hydrogen-bond acceptors (Lipinski definition) is 4. The first kappa shape index (κ1) is 16.9. The Balaban J connectivity index is 2.30. The van der Waals surface area contributed by atoms with Gasteiger partial charge in [-0.05, 0) is 26.7 Å². The Hall–Kier alpha value is -2.12. The average Bonchev–Trinajstić information content (AvgIpc) is 2.88. The molecule has 1 heterocycles. The Morgan fingerprint density at radius 2 is 2.05 bits per heavy atom. The summed E-state index contributed by atoms with van der Waals surface area (Å²) < 4.78 is 0. The van der Waals surface area contributed by atoms with Crippen molar-refractivity contribution in [3.8, 4) is 0 Å². The molecule has 0 bridgehead atoms. The molecule has 0 aromatic rings. The summed E-state index contributed by atoms with van der Waals surface area (Å²) in [7, 11) is 0. The van der Waals surface area contributed by atoms with E-state index in [0.717, 1.165) is 19.4 Å². The van der Waals surface area contributed by atoms with Crippen molar-refractivity contribution in [2.45, 2.75) is 38.8 Å². The van der Waals surface area contributed by atoms with E-state index in [4.69, 9.17) is 0 Å². The van der Waals surface area contributed by atoms with Crippen LogP contribution in [0.2, 0.25) is 0 Å². The lowest BCUT2D eigenvalue weighted by Crippen LogP contribution is -2.49. The molecule has 8 nitrogen and oxygen atoms in total. The van der Waals surface area contributed by atoms with Crippen molar-refractivity contribution in [3.05, 3.63) is 0 Å². The first-order valence-corrected chi connectivity index (χ1v) is 6.99. The molecule has 0 spiro atoms. The highest BCUT2D eigenvalue weighted by Gasteiger charge is 2.25. The second-order valence-corrected chi connectivity index (χ2v) is 5.08. The minimum Gasteiger partial charge on any atom is -0.350 e. The molecule has 1 aliphatic heterocycles. The van der Waals surface area contributed by atoms with Crippen LogP contribution in [0, 0.1) is 0 Å². The fourth-order valence-electron chi connectivity index (χ4n) is 2.21. The molecular weight excluding hydrogens is 276 g/mol. The summed E-state index contributed by atoms with van der Waals surface area (Å²) in [5.41, 5.74) is 0. The third-order valence-electron chi connectivity index (χ3n) is 3.40. The molecule has 3 N–H and O–H groups in total. The number of amides is 4. The van der Waals surface area contributed by atoms with Gasteiger partial charge in [-0.3, -0.25) is 19.2 Å². The molecule has 8 heteroatoms. The molecule has 2 unspecified atom stereocenters. The number of carbonyl (C=O) groups excluding carboxylic acids is 4. The zero-order valence-electron chi connectivity index (χ0n) is 12.3. The van der Waals surface area contributed by atoms with E-state index in [0.29, 0.717) is 6.41 Å². The maximum atomic E-state index is 11.9. The van der Waals surface area contributed by atoms with E-state index in [2.05, 4.69) is 16.0 Å². The van der Waals surface area contributed by atoms with Crippen LogP contribution in [-0.2, 0) is 19.2 Å². The van der Waals surface area contributed by atoms with Gasteiger partial charge in [-0.25, -0.2) is 0 Å². The fourth-order valence-corrected chi connectivity index (χ4v) is 2.21. The molecule has 1 aliphatic rings. The van der Waals surface area contributed by atoms with Gasteiger partial charge < -0.3 is 20.9 Å². The van der Waals surface area contributed by atoms with Crippen molar-refractivity contribution < 1.29 is 19.2 Å². The van der Waals surface area contributed by atoms with Crippen LogP contribution in [0.5, 0.6) is 0 Å². The topological polar surface area (TPSA) is 108 Å². The third-order valence-corrected chi connectivity index (χ3v) is 3.40. The third kappa shape index (κ3) is 5.41. The predicted octanol–water partition coefficient (Wildman–Crippen LogP) is -1.64. The largest absolute Gasteiger partial charge is 0.350 e. The van der Waals surface area contributed by atoms with E-state index < -0.39 is 17.9 Å². The second-order valence-electron chi connectivity index (χ2n) is 5.08. The van der Waals surface area contributed by atoms with E-state index in [1.807, 2.05) is 6.92 Å². The van der Waals surface area contributed by atoms with Crippen LogP contribution < -0.4 is 16.0 Å². The molecular formula is C13H22N4O4. The molecule has 118 valence electrons. The second kappa shape index (κ2) is 8.23. The van der Waals surface area contributed by atoms with E-state index in [1.165, 1.54) is 6.92 Å². The molecule has 0 aromatic carbocycles. The normalized spacial score (nSPS) is 18.8. The zero-order valence-corrected chi connectivity index (χ0v) is 12.3. The van der Waals surface area contributed by atoms with Crippen molar-refractivity contribution >= 4 is 24.1 Å². The van der Waals surface area contributed by atoms with Gasteiger partial charge in [0, 0.05) is 12.6 Å². The Kier molecular flexibility index (Phi) is 6.64. The fraction of sp³-hybridized carbons (Fsp3) is 0.692. The van der Waals surface area contributed by atoms with Crippen molar-refractivity contribution in [1.29, 1.82) is 0 Å². The van der Waals surface area contributed by atoms with Crippen molar-refractivity contribution in [3.63, 3.8) is 0 Å². The van der Waals surface area contributed by atoms with E-state index in [-0.39, 0.29) is 25.0 Å². The molecule has 2 atom stereocenters. The van der Waals surface area contributed by atoms with Gasteiger partial charge >= 0.3 is 0 Å². The minimum absolute atomic E-state index is 0.0734. The first-order chi connectivity index (χ1) is 9.95. The summed E-state index contributed by atoms with van der Waals surface area (Å²) >= 11 is 0. The molecule has 0 aliphatic carbocycles. The molecule has 0 radical (unpaired) electrons. The highest BCUT2D eigenvalue weighted by Crippen LogP contribution is 2.15. The van der Waals surface area contributed by atoms with Crippen LogP contribution >= 0.6 is 0 Å². The van der Waals surface area contributed by atoms with Gasteiger partial charge in [0.05, 0.1) is 13.1 Å². The van der Waals surface area contributed by atoms with Crippen LogP contribution in [0.4, 0.5) is 0 Å². The van der Waals surface area contributed by atoms with Gasteiger partial charge in [0.1, 0.15) is 6.04 Å². The lowest BCUT2D eigenvalue weighted by Gasteiger charge is -2.22. The lowest BCUT2D eigenvalue weighted by molar-refractivity contribution is -0.134. The maximum Gasteiger partial charge on any atom is 0.242 e. The number of carbonyl (C=O) groups is 4. The van der Waals surface area contributed by atoms with Gasteiger partial charge in [-0.15, -0.1) is 0 Å². The van der Waals surface area contributed by atoms with E-state index >= 15 is 0 Å². The van der Waals surface area contributed by atoms with Crippen LogP contribution in [0.3, 0.4) is 0 Å². The van der Waals surface area contributed by atoms with Gasteiger partial charge in [0.15, 0.2) is 0 Å². The molecule has 1 rings (SSSR count). The summed E-state index contributed by atoms with van der Waals surface area (Å²) in [6.07, 6.45) is 2.37. The maximum absolute atomic E-state index is 11.9. The highest BCUT2D eigenvalue weighted by molar-refractivity contribution is 5.91. The number of likely N-dealkylation sites (tertiary alicyclic amines) is 1. The molecule has 0 aromatic heterocycles. The molecule has 0 saturated carbocycles. The van der Waals surface area contributed by atoms with Crippen molar-refractivity contribution in [2.75, 3.05) is 19.6 Å². The lowest BCUT2D eigenvalue weighted by atomic mass is 10.2. The average molecular weight is 298 g/mol. The van der Waals surface area contributed by atoms with Crippen LogP contribution in [-0.4, -0.2) is 60.7 Å². The van der Waals surface area contributed by atoms with Gasteiger partial charge in [0.2, 0.25) is 24.1 Å². The van der Waals surface area contributed by atoms with Crippen LogP contribution in [0.15, 0.2) is 0 Å². The van der Waals surface area contributed by atoms with E-state index in [1.54, 1.807) is 4.90 Å². The summed E-state index contributed by atoms with van der Waals surface area (Å²) in [6, 6.07) is -0.560. The minimum atomic E-state index is -0.769. The van der Waals surface area contributed by atoms with Crippen molar-refractivity contribution in [2.24, 2.45) is 0 Å². The van der Waals surface area contributed by atoms with Gasteiger partial charge in [-0.2, -0.15) is 0 Å². The number of hydrogen-bond donors (Lipinski definition) is 3. The van der Waals surface area contributed by atoms with Crippen LogP contribution in [0.1, 0.15) is 26.7 Å². The molecule has 21 heavy (non-hydrogen) atoms. The molecule has 1 fully saturated rings. The van der Waals surface area contributed by atoms with Gasteiger partial charge in [-0.1, -0.05) is 0 Å². The van der Waals surface area contributed by atoms with Gasteiger partial charge in [0.25, 0.3) is 0 Å². The summed E-state index contributed by atoms with van der Waals surface area (Å²) in [6.45, 7) is 3.95. The van der Waals surface area contributed by atoms with E-state index in [9.17, 15) is 19.2 Å². The first-order valence-electron chi connectivity index (χ1n) is 6.99. The highest BCUT2D eigenvalue weighted by atomic mass is 16.2. The quantitative estimate of drug-likeness (QED) is 0.490. The summed E-state index contributed by atoms with van der Waals surface area (Å²) in [4.78, 5) is 46.8. The SMILES string of the molecule is CC(NC(=O)CNC=O)C(=O)NCC(=O)N1CCCC1C. The van der Waals surface area contributed by atoms with Crippen LogP contribution in [0.25, 0.3) is 0 Å².